The van der Waals surface area contributed by atoms with Gasteiger partial charge in [0.25, 0.3) is 5.56 Å². The summed E-state index contributed by atoms with van der Waals surface area (Å²) in [5.41, 5.74) is 0.142. The van der Waals surface area contributed by atoms with Crippen LogP contribution in [0.3, 0.4) is 0 Å². The molecule has 2 saturated heterocycles. The first-order chi connectivity index (χ1) is 20.3. The lowest BCUT2D eigenvalue weighted by molar-refractivity contribution is -0.139. The van der Waals surface area contributed by atoms with Crippen LogP contribution in [0.2, 0.25) is 5.02 Å². The molecule has 3 aromatic rings. The molecule has 1 atom stereocenters. The van der Waals surface area contributed by atoms with Gasteiger partial charge in [-0.2, -0.15) is 11.8 Å². The van der Waals surface area contributed by atoms with Gasteiger partial charge in [0.15, 0.2) is 0 Å². The molecule has 2 aliphatic heterocycles. The molecule has 3 aliphatic rings. The average Bonchev–Trinajstić information content (AvgIpc) is 3.44. The summed E-state index contributed by atoms with van der Waals surface area (Å²) >= 11 is 8.29. The van der Waals surface area contributed by atoms with Crippen molar-refractivity contribution in [3.8, 4) is 0 Å². The number of hydrogen-bond acceptors (Lipinski definition) is 6. The van der Waals surface area contributed by atoms with Gasteiger partial charge < -0.3 is 10.2 Å². The summed E-state index contributed by atoms with van der Waals surface area (Å²) in [5, 5.41) is 3.43. The van der Waals surface area contributed by atoms with E-state index in [0.717, 1.165) is 36.1 Å². The normalized spacial score (nSPS) is 23.2. The van der Waals surface area contributed by atoms with Crippen LogP contribution in [0.1, 0.15) is 62.6 Å². The Hall–Kier alpha value is -3.18. The smallest absolute Gasteiger partial charge is 0.333 e. The second kappa shape index (κ2) is 12.2. The van der Waals surface area contributed by atoms with Crippen LogP contribution < -0.4 is 16.6 Å². The van der Waals surface area contributed by atoms with Crippen LogP contribution >= 0.6 is 23.4 Å². The Bertz CT molecular complexity index is 1630. The molecule has 222 valence electrons. The van der Waals surface area contributed by atoms with Crippen molar-refractivity contribution in [3.05, 3.63) is 73.8 Å². The van der Waals surface area contributed by atoms with E-state index in [1.807, 2.05) is 34.9 Å². The highest BCUT2D eigenvalue weighted by molar-refractivity contribution is 7.99. The third-order valence-corrected chi connectivity index (χ3v) is 10.3. The van der Waals surface area contributed by atoms with Gasteiger partial charge in [-0.1, -0.05) is 29.8 Å². The first kappa shape index (κ1) is 28.9. The summed E-state index contributed by atoms with van der Waals surface area (Å²) < 4.78 is 17.2. The number of rotatable bonds is 6. The number of aromatic nitrogens is 3. The monoisotopic (exact) mass is 613 g/mol. The Morgan fingerprint density at radius 2 is 1.76 bits per heavy atom. The molecule has 3 fully saturated rings. The Labute approximate surface area is 251 Å². The lowest BCUT2D eigenvalue weighted by Gasteiger charge is -2.38. The van der Waals surface area contributed by atoms with Crippen molar-refractivity contribution in [2.24, 2.45) is 5.92 Å². The number of hydrogen-bond donors (Lipinski definition) is 1. The number of nitrogens with zero attached hydrogens (tertiary/aromatic N) is 4. The van der Waals surface area contributed by atoms with Gasteiger partial charge in [-0.05, 0) is 67.7 Å². The average molecular weight is 614 g/mol. The zero-order chi connectivity index (χ0) is 29.4. The highest BCUT2D eigenvalue weighted by Crippen LogP contribution is 2.34. The van der Waals surface area contributed by atoms with Crippen LogP contribution in [0, 0.1) is 11.7 Å². The van der Waals surface area contributed by atoms with Crippen molar-refractivity contribution in [1.82, 2.24) is 24.3 Å². The molecule has 2 amide bonds. The number of pyridine rings is 1. The van der Waals surface area contributed by atoms with E-state index >= 15 is 0 Å². The van der Waals surface area contributed by atoms with Crippen molar-refractivity contribution in [3.63, 3.8) is 0 Å². The first-order valence-corrected chi connectivity index (χ1v) is 16.1. The van der Waals surface area contributed by atoms with Crippen LogP contribution in [0.15, 0.2) is 46.1 Å². The lowest BCUT2D eigenvalue weighted by Crippen LogP contribution is -2.48. The van der Waals surface area contributed by atoms with Crippen molar-refractivity contribution < 1.29 is 14.0 Å². The van der Waals surface area contributed by atoms with Crippen LogP contribution in [-0.4, -0.2) is 54.9 Å². The van der Waals surface area contributed by atoms with Crippen LogP contribution in [-0.2, 0) is 16.1 Å². The Morgan fingerprint density at radius 1 is 1.05 bits per heavy atom. The minimum Gasteiger partial charge on any atom is -0.355 e. The number of benzene rings is 1. The molecular weight excluding hydrogens is 581 g/mol. The maximum absolute atomic E-state index is 14.3. The molecule has 1 aliphatic carbocycles. The van der Waals surface area contributed by atoms with Crippen molar-refractivity contribution in [1.29, 1.82) is 0 Å². The van der Waals surface area contributed by atoms with Gasteiger partial charge in [0.2, 0.25) is 11.8 Å². The van der Waals surface area contributed by atoms with E-state index in [1.54, 1.807) is 10.6 Å². The number of nitrogens with one attached hydrogen (secondary N) is 1. The number of halogens is 2. The molecular formula is C30H33ClFN5O4S. The maximum Gasteiger partial charge on any atom is 0.333 e. The summed E-state index contributed by atoms with van der Waals surface area (Å²) in [5.74, 6) is 0.517. The molecule has 0 bridgehead atoms. The predicted octanol–water partition coefficient (Wildman–Crippen LogP) is 4.07. The van der Waals surface area contributed by atoms with Gasteiger partial charge >= 0.3 is 5.69 Å². The quantitative estimate of drug-likeness (QED) is 0.449. The third-order valence-electron chi connectivity index (χ3n) is 8.86. The van der Waals surface area contributed by atoms with Crippen LogP contribution in [0.4, 0.5) is 4.39 Å². The fourth-order valence-electron chi connectivity index (χ4n) is 6.64. The SMILES string of the molecule is O=C1CC(C(=O)N(Cc2ccccc2Cl)C2CCC(n3c(=O)c4cc(F)cnc4n(C4CCSCC4)c3=O)CC2)CN1. The number of carbonyl (C=O) groups excluding carboxylic acids is 2. The fourth-order valence-corrected chi connectivity index (χ4v) is 7.92. The molecule has 12 heteroatoms. The maximum atomic E-state index is 14.3. The van der Waals surface area contributed by atoms with E-state index < -0.39 is 23.0 Å². The zero-order valence-corrected chi connectivity index (χ0v) is 24.7. The van der Waals surface area contributed by atoms with Crippen molar-refractivity contribution in [2.75, 3.05) is 18.1 Å². The molecule has 42 heavy (non-hydrogen) atoms. The number of amides is 2. The minimum absolute atomic E-state index is 0.0985. The van der Waals surface area contributed by atoms with E-state index in [4.69, 9.17) is 11.6 Å². The molecule has 9 nitrogen and oxygen atoms in total. The Kier molecular flexibility index (Phi) is 8.40. The molecule has 1 N–H and O–H groups in total. The molecule has 1 unspecified atom stereocenters. The first-order valence-electron chi connectivity index (χ1n) is 14.5. The van der Waals surface area contributed by atoms with E-state index in [-0.39, 0.29) is 47.4 Å². The molecule has 2 aromatic heterocycles. The van der Waals surface area contributed by atoms with Gasteiger partial charge in [-0.3, -0.25) is 23.5 Å². The summed E-state index contributed by atoms with van der Waals surface area (Å²) in [6.07, 6.45) is 4.92. The van der Waals surface area contributed by atoms with Crippen molar-refractivity contribution in [2.45, 2.75) is 69.6 Å². The molecule has 1 aromatic carbocycles. The molecule has 0 spiro atoms. The fraction of sp³-hybridized carbons (Fsp3) is 0.500. The lowest BCUT2D eigenvalue weighted by atomic mass is 9.88. The largest absolute Gasteiger partial charge is 0.355 e. The Balaban J connectivity index is 1.30. The zero-order valence-electron chi connectivity index (χ0n) is 23.1. The topological polar surface area (TPSA) is 106 Å². The summed E-state index contributed by atoms with van der Waals surface area (Å²) in [4.78, 5) is 59.2. The van der Waals surface area contributed by atoms with Gasteiger partial charge in [0.05, 0.1) is 17.5 Å². The highest BCUT2D eigenvalue weighted by Gasteiger charge is 2.37. The molecule has 4 heterocycles. The van der Waals surface area contributed by atoms with Crippen LogP contribution in [0.25, 0.3) is 11.0 Å². The number of thioether (sulfide) groups is 1. The van der Waals surface area contributed by atoms with E-state index in [9.17, 15) is 23.6 Å². The minimum atomic E-state index is -0.618. The highest BCUT2D eigenvalue weighted by atomic mass is 35.5. The second-order valence-corrected chi connectivity index (χ2v) is 13.1. The van der Waals surface area contributed by atoms with Gasteiger partial charge in [0.1, 0.15) is 11.5 Å². The number of fused-ring (bicyclic) bond motifs is 1. The summed E-state index contributed by atoms with van der Waals surface area (Å²) in [7, 11) is 0. The standard InChI is InChI=1S/C30H33ClFN5O4S/c31-25-4-2-1-3-18(25)17-35(28(39)19-13-26(38)33-15-19)21-5-7-22(8-6-21)37-29(40)24-14-20(32)16-34-27(24)36(30(37)41)23-9-11-42-12-10-23/h1-4,14,16,19,21-23H,5-13,15,17H2,(H,33,38). The number of carbonyl (C=O) groups is 2. The van der Waals surface area contributed by atoms with Gasteiger partial charge in [0, 0.05) is 42.7 Å². The summed E-state index contributed by atoms with van der Waals surface area (Å²) in [6, 6.07) is 7.94. The third kappa shape index (κ3) is 5.60. The van der Waals surface area contributed by atoms with E-state index in [0.29, 0.717) is 43.8 Å². The summed E-state index contributed by atoms with van der Waals surface area (Å²) in [6.45, 7) is 0.619. The van der Waals surface area contributed by atoms with E-state index in [2.05, 4.69) is 10.3 Å². The van der Waals surface area contributed by atoms with Gasteiger partial charge in [-0.15, -0.1) is 0 Å². The molecule has 6 rings (SSSR count). The van der Waals surface area contributed by atoms with Crippen molar-refractivity contribution >= 4 is 46.2 Å². The van der Waals surface area contributed by atoms with Gasteiger partial charge in [-0.25, -0.2) is 14.2 Å². The molecule has 1 saturated carbocycles. The van der Waals surface area contributed by atoms with Crippen LogP contribution in [0.5, 0.6) is 0 Å². The van der Waals surface area contributed by atoms with E-state index in [1.165, 1.54) is 10.6 Å². The Morgan fingerprint density at radius 3 is 2.45 bits per heavy atom. The predicted molar refractivity (Wildman–Crippen MR) is 160 cm³/mol. The second-order valence-electron chi connectivity index (χ2n) is 11.4. The molecule has 0 radical (unpaired) electrons.